The highest BCUT2D eigenvalue weighted by atomic mass is 16.1. The molecule has 0 aliphatic heterocycles. The Bertz CT molecular complexity index is 401. The van der Waals surface area contributed by atoms with Gasteiger partial charge in [-0.15, -0.1) is 0 Å². The Morgan fingerprint density at radius 1 is 1.35 bits per heavy atom. The molecule has 17 heavy (non-hydrogen) atoms. The fraction of sp³-hybridized carbons (Fsp3) is 0.429. The summed E-state index contributed by atoms with van der Waals surface area (Å²) in [4.78, 5) is 11.3. The monoisotopic (exact) mass is 230 g/mol. The van der Waals surface area contributed by atoms with Gasteiger partial charge in [0.25, 0.3) is 0 Å². The summed E-state index contributed by atoms with van der Waals surface area (Å²) in [6.07, 6.45) is 0.554. The van der Waals surface area contributed by atoms with Crippen molar-refractivity contribution in [2.45, 2.75) is 39.2 Å². The summed E-state index contributed by atoms with van der Waals surface area (Å²) in [5.41, 5.74) is 2.38. The number of benzene rings is 1. The van der Waals surface area contributed by atoms with E-state index in [9.17, 15) is 4.79 Å². The van der Waals surface area contributed by atoms with Gasteiger partial charge in [-0.2, -0.15) is 5.26 Å². The zero-order chi connectivity index (χ0) is 12.7. The molecule has 1 amide bonds. The molecule has 0 aliphatic carbocycles. The maximum atomic E-state index is 11.3. The van der Waals surface area contributed by atoms with Gasteiger partial charge < -0.3 is 5.32 Å². The molecular formula is C14H18N2O. The largest absolute Gasteiger partial charge is 0.352 e. The van der Waals surface area contributed by atoms with Crippen LogP contribution in [0, 0.1) is 11.3 Å². The Morgan fingerprint density at radius 2 is 2.00 bits per heavy atom. The van der Waals surface area contributed by atoms with Gasteiger partial charge in [0.1, 0.15) is 0 Å². The van der Waals surface area contributed by atoms with Crippen molar-refractivity contribution >= 4 is 5.91 Å². The Balaban J connectivity index is 2.42. The van der Waals surface area contributed by atoms with Crippen LogP contribution < -0.4 is 5.32 Å². The molecule has 0 spiro atoms. The zero-order valence-corrected chi connectivity index (χ0v) is 10.4. The minimum absolute atomic E-state index is 0.0699. The second-order valence-electron chi connectivity index (χ2n) is 4.33. The van der Waals surface area contributed by atoms with Crippen molar-refractivity contribution in [1.29, 1.82) is 5.26 Å². The van der Waals surface area contributed by atoms with E-state index in [1.165, 1.54) is 5.56 Å². The average Bonchev–Trinajstić information content (AvgIpc) is 2.34. The van der Waals surface area contributed by atoms with Gasteiger partial charge >= 0.3 is 0 Å². The summed E-state index contributed by atoms with van der Waals surface area (Å²) < 4.78 is 0. The third-order valence-corrected chi connectivity index (χ3v) is 2.60. The SMILES string of the molecule is CC(C)c1ccc(CNC(=O)CCC#N)cc1. The van der Waals surface area contributed by atoms with Crippen LogP contribution in [0.25, 0.3) is 0 Å². The van der Waals surface area contributed by atoms with E-state index in [4.69, 9.17) is 5.26 Å². The van der Waals surface area contributed by atoms with Gasteiger partial charge in [0.15, 0.2) is 0 Å². The predicted octanol–water partition coefficient (Wildman–Crippen LogP) is 2.73. The van der Waals surface area contributed by atoms with Crippen molar-refractivity contribution in [1.82, 2.24) is 5.32 Å². The van der Waals surface area contributed by atoms with Gasteiger partial charge in [0, 0.05) is 19.4 Å². The Kier molecular flexibility index (Phi) is 5.22. The molecule has 0 bridgehead atoms. The standard InChI is InChI=1S/C14H18N2O/c1-11(2)13-7-5-12(6-8-13)10-16-14(17)4-3-9-15/h5-8,11H,3-4,10H2,1-2H3,(H,16,17). The third kappa shape index (κ3) is 4.69. The molecule has 0 aliphatic rings. The van der Waals surface area contributed by atoms with Crippen molar-refractivity contribution in [3.05, 3.63) is 35.4 Å². The average molecular weight is 230 g/mol. The molecule has 3 nitrogen and oxygen atoms in total. The highest BCUT2D eigenvalue weighted by Crippen LogP contribution is 2.14. The number of nitrogens with zero attached hydrogens (tertiary/aromatic N) is 1. The molecule has 0 unspecified atom stereocenters. The molecule has 90 valence electrons. The molecule has 0 aromatic heterocycles. The van der Waals surface area contributed by atoms with Crippen LogP contribution in [-0.2, 0) is 11.3 Å². The number of amides is 1. The summed E-state index contributed by atoms with van der Waals surface area (Å²) in [7, 11) is 0. The van der Waals surface area contributed by atoms with E-state index in [0.717, 1.165) is 5.56 Å². The van der Waals surface area contributed by atoms with Crippen LogP contribution in [-0.4, -0.2) is 5.91 Å². The molecule has 0 atom stereocenters. The highest BCUT2D eigenvalue weighted by Gasteiger charge is 2.02. The van der Waals surface area contributed by atoms with Gasteiger partial charge in [0.2, 0.25) is 5.91 Å². The second kappa shape index (κ2) is 6.70. The second-order valence-corrected chi connectivity index (χ2v) is 4.33. The molecule has 0 saturated carbocycles. The third-order valence-electron chi connectivity index (χ3n) is 2.60. The van der Waals surface area contributed by atoms with Crippen LogP contribution in [0.2, 0.25) is 0 Å². The van der Waals surface area contributed by atoms with E-state index in [1.54, 1.807) is 0 Å². The molecule has 0 heterocycles. The molecule has 1 aromatic rings. The summed E-state index contributed by atoms with van der Waals surface area (Å²) in [6, 6.07) is 10.2. The van der Waals surface area contributed by atoms with Crippen molar-refractivity contribution in [2.24, 2.45) is 0 Å². The van der Waals surface area contributed by atoms with Crippen LogP contribution in [0.5, 0.6) is 0 Å². The fourth-order valence-electron chi connectivity index (χ4n) is 1.48. The summed E-state index contributed by atoms with van der Waals surface area (Å²) in [6.45, 7) is 4.83. The first-order valence-corrected chi connectivity index (χ1v) is 5.86. The van der Waals surface area contributed by atoms with Gasteiger partial charge in [-0.3, -0.25) is 4.79 Å². The first-order valence-electron chi connectivity index (χ1n) is 5.86. The molecule has 0 fully saturated rings. The fourth-order valence-corrected chi connectivity index (χ4v) is 1.48. The van der Waals surface area contributed by atoms with E-state index >= 15 is 0 Å². The van der Waals surface area contributed by atoms with Crippen LogP contribution >= 0.6 is 0 Å². The molecule has 0 radical (unpaired) electrons. The highest BCUT2D eigenvalue weighted by molar-refractivity contribution is 5.76. The minimum atomic E-state index is -0.0699. The topological polar surface area (TPSA) is 52.9 Å². The maximum absolute atomic E-state index is 11.3. The van der Waals surface area contributed by atoms with Crippen LogP contribution in [0.4, 0.5) is 0 Å². The van der Waals surface area contributed by atoms with E-state index < -0.39 is 0 Å². The van der Waals surface area contributed by atoms with Gasteiger partial charge in [-0.05, 0) is 17.0 Å². The first kappa shape index (κ1) is 13.2. The molecular weight excluding hydrogens is 212 g/mol. The minimum Gasteiger partial charge on any atom is -0.352 e. The van der Waals surface area contributed by atoms with Crippen molar-refractivity contribution < 1.29 is 4.79 Å². The molecule has 3 heteroatoms. The quantitative estimate of drug-likeness (QED) is 0.845. The van der Waals surface area contributed by atoms with Gasteiger partial charge in [0.05, 0.1) is 6.07 Å². The van der Waals surface area contributed by atoms with E-state index in [-0.39, 0.29) is 18.7 Å². The summed E-state index contributed by atoms with van der Waals surface area (Å²) >= 11 is 0. The van der Waals surface area contributed by atoms with E-state index in [2.05, 4.69) is 31.3 Å². The van der Waals surface area contributed by atoms with Crippen molar-refractivity contribution in [3.8, 4) is 6.07 Å². The number of hydrogen-bond acceptors (Lipinski definition) is 2. The molecule has 1 rings (SSSR count). The Labute approximate surface area is 102 Å². The molecule has 1 aromatic carbocycles. The lowest BCUT2D eigenvalue weighted by Gasteiger charge is -2.07. The van der Waals surface area contributed by atoms with Crippen LogP contribution in [0.3, 0.4) is 0 Å². The molecule has 0 saturated heterocycles. The number of rotatable bonds is 5. The van der Waals surface area contributed by atoms with Crippen molar-refractivity contribution in [3.63, 3.8) is 0 Å². The lowest BCUT2D eigenvalue weighted by atomic mass is 10.0. The smallest absolute Gasteiger partial charge is 0.221 e. The van der Waals surface area contributed by atoms with E-state index in [1.807, 2.05) is 18.2 Å². The van der Waals surface area contributed by atoms with Crippen molar-refractivity contribution in [2.75, 3.05) is 0 Å². The first-order chi connectivity index (χ1) is 8.13. The van der Waals surface area contributed by atoms with Crippen LogP contribution in [0.15, 0.2) is 24.3 Å². The number of nitrogens with one attached hydrogen (secondary N) is 1. The predicted molar refractivity (Wildman–Crippen MR) is 67.2 cm³/mol. The van der Waals surface area contributed by atoms with Gasteiger partial charge in [-0.1, -0.05) is 38.1 Å². The summed E-state index contributed by atoms with van der Waals surface area (Å²) in [5, 5.41) is 11.1. The number of carbonyl (C=O) groups excluding carboxylic acids is 1. The number of nitriles is 1. The number of carbonyl (C=O) groups is 1. The zero-order valence-electron chi connectivity index (χ0n) is 10.4. The van der Waals surface area contributed by atoms with E-state index in [0.29, 0.717) is 12.5 Å². The normalized spacial score (nSPS) is 10.0. The lowest BCUT2D eigenvalue weighted by molar-refractivity contribution is -0.121. The number of hydrogen-bond donors (Lipinski definition) is 1. The maximum Gasteiger partial charge on any atom is 0.221 e. The summed E-state index contributed by atoms with van der Waals surface area (Å²) in [5.74, 6) is 0.453. The lowest BCUT2D eigenvalue weighted by Crippen LogP contribution is -2.22. The van der Waals surface area contributed by atoms with Crippen LogP contribution in [0.1, 0.15) is 43.7 Å². The van der Waals surface area contributed by atoms with Gasteiger partial charge in [-0.25, -0.2) is 0 Å². The molecule has 1 N–H and O–H groups in total. The Hall–Kier alpha value is -1.82. The Morgan fingerprint density at radius 3 is 2.53 bits per heavy atom.